The van der Waals surface area contributed by atoms with E-state index in [1.807, 2.05) is 0 Å². The van der Waals surface area contributed by atoms with E-state index in [4.69, 9.17) is 0 Å². The molecule has 0 aliphatic carbocycles. The maximum atomic E-state index is 14.1. The highest BCUT2D eigenvalue weighted by atomic mass is 19.1. The zero-order valence-electron chi connectivity index (χ0n) is 14.5. The molecule has 0 bridgehead atoms. The summed E-state index contributed by atoms with van der Waals surface area (Å²) in [5.74, 6) is -3.68. The summed E-state index contributed by atoms with van der Waals surface area (Å²) in [5, 5.41) is 11.7. The van der Waals surface area contributed by atoms with E-state index in [1.54, 1.807) is 0 Å². The number of hydrogen-bond donors (Lipinski definition) is 1. The number of benzene rings is 3. The predicted octanol–water partition coefficient (Wildman–Crippen LogP) is 5.29. The van der Waals surface area contributed by atoms with Crippen LogP contribution in [0.5, 0.6) is 0 Å². The van der Waals surface area contributed by atoms with Gasteiger partial charge >= 0.3 is 5.69 Å². The average molecular weight is 401 g/mol. The van der Waals surface area contributed by atoms with Crippen molar-refractivity contribution in [2.24, 2.45) is 0 Å². The molecule has 3 aromatic carbocycles. The molecule has 0 spiro atoms. The standard InChI is InChI=1S/C20H11F4N3O2/c21-12-3-1-4-13(22)11(12)9-10-7-8-16-18(19(10)27(28)29)26-20(25-16)17-14(23)5-2-6-15(17)24/h1-8H,9H2,(H,25,26). The smallest absolute Gasteiger partial charge is 0.300 e. The summed E-state index contributed by atoms with van der Waals surface area (Å²) >= 11 is 0. The van der Waals surface area contributed by atoms with Gasteiger partial charge in [-0.1, -0.05) is 12.1 Å². The van der Waals surface area contributed by atoms with Crippen LogP contribution in [-0.4, -0.2) is 14.9 Å². The third kappa shape index (κ3) is 3.20. The number of fused-ring (bicyclic) bond motifs is 1. The van der Waals surface area contributed by atoms with Crippen LogP contribution in [0.4, 0.5) is 23.2 Å². The second-order valence-electron chi connectivity index (χ2n) is 6.29. The highest BCUT2D eigenvalue weighted by Gasteiger charge is 2.25. The van der Waals surface area contributed by atoms with E-state index in [2.05, 4.69) is 9.97 Å². The summed E-state index contributed by atoms with van der Waals surface area (Å²) < 4.78 is 56.1. The van der Waals surface area contributed by atoms with Gasteiger partial charge in [0, 0.05) is 17.5 Å². The Morgan fingerprint density at radius 3 is 2.07 bits per heavy atom. The van der Waals surface area contributed by atoms with Gasteiger partial charge in [0.1, 0.15) is 29.1 Å². The van der Waals surface area contributed by atoms with Gasteiger partial charge in [-0.25, -0.2) is 22.5 Å². The minimum absolute atomic E-state index is 0.0126. The molecule has 0 aliphatic rings. The fraction of sp³-hybridized carbons (Fsp3) is 0.0500. The third-order valence-corrected chi connectivity index (χ3v) is 4.52. The molecule has 4 rings (SSSR count). The summed E-state index contributed by atoms with van der Waals surface area (Å²) in [6.45, 7) is 0. The molecule has 4 aromatic rings. The number of H-pyrrole nitrogens is 1. The molecule has 1 aromatic heterocycles. The van der Waals surface area contributed by atoms with E-state index in [-0.39, 0.29) is 34.4 Å². The number of aromatic amines is 1. The Bertz CT molecular complexity index is 1230. The number of hydrogen-bond acceptors (Lipinski definition) is 3. The molecule has 146 valence electrons. The normalized spacial score (nSPS) is 11.2. The second kappa shape index (κ2) is 7.01. The second-order valence-corrected chi connectivity index (χ2v) is 6.29. The summed E-state index contributed by atoms with van der Waals surface area (Å²) in [4.78, 5) is 17.6. The molecule has 1 heterocycles. The first-order valence-corrected chi connectivity index (χ1v) is 8.40. The molecular formula is C20H11F4N3O2. The molecule has 0 atom stereocenters. The van der Waals surface area contributed by atoms with Crippen LogP contribution in [0.25, 0.3) is 22.4 Å². The van der Waals surface area contributed by atoms with Crippen molar-refractivity contribution in [1.82, 2.24) is 9.97 Å². The van der Waals surface area contributed by atoms with E-state index in [9.17, 15) is 27.7 Å². The van der Waals surface area contributed by atoms with Gasteiger partial charge in [-0.3, -0.25) is 10.1 Å². The summed E-state index contributed by atoms with van der Waals surface area (Å²) in [6.07, 6.45) is -0.388. The number of nitro groups is 1. The molecule has 0 saturated heterocycles. The Labute approximate surface area is 160 Å². The van der Waals surface area contributed by atoms with Crippen molar-refractivity contribution in [3.8, 4) is 11.4 Å². The van der Waals surface area contributed by atoms with Crippen LogP contribution in [0.3, 0.4) is 0 Å². The molecule has 0 aliphatic heterocycles. The van der Waals surface area contributed by atoms with E-state index in [0.717, 1.165) is 24.3 Å². The molecule has 0 radical (unpaired) electrons. The van der Waals surface area contributed by atoms with Crippen LogP contribution in [0.2, 0.25) is 0 Å². The van der Waals surface area contributed by atoms with Crippen LogP contribution in [-0.2, 0) is 6.42 Å². The van der Waals surface area contributed by atoms with E-state index >= 15 is 0 Å². The molecule has 5 nitrogen and oxygen atoms in total. The predicted molar refractivity (Wildman–Crippen MR) is 97.3 cm³/mol. The maximum Gasteiger partial charge on any atom is 0.300 e. The fourth-order valence-electron chi connectivity index (χ4n) is 3.18. The highest BCUT2D eigenvalue weighted by Crippen LogP contribution is 2.34. The van der Waals surface area contributed by atoms with Crippen molar-refractivity contribution >= 4 is 16.7 Å². The first-order chi connectivity index (χ1) is 13.9. The number of nitro benzene ring substituents is 1. The number of imidazole rings is 1. The van der Waals surface area contributed by atoms with Crippen LogP contribution >= 0.6 is 0 Å². The minimum Gasteiger partial charge on any atom is -0.338 e. The Kier molecular flexibility index (Phi) is 4.50. The van der Waals surface area contributed by atoms with Crippen molar-refractivity contribution in [2.45, 2.75) is 6.42 Å². The van der Waals surface area contributed by atoms with Gasteiger partial charge in [-0.05, 0) is 36.4 Å². The Hall–Kier alpha value is -3.75. The summed E-state index contributed by atoms with van der Waals surface area (Å²) in [5.41, 5.74) is -1.28. The monoisotopic (exact) mass is 401 g/mol. The fourth-order valence-corrected chi connectivity index (χ4v) is 3.18. The number of rotatable bonds is 4. The van der Waals surface area contributed by atoms with Gasteiger partial charge in [-0.15, -0.1) is 0 Å². The number of nitrogens with one attached hydrogen (secondary N) is 1. The third-order valence-electron chi connectivity index (χ3n) is 4.52. The molecule has 9 heteroatoms. The van der Waals surface area contributed by atoms with E-state index in [1.165, 1.54) is 24.3 Å². The SMILES string of the molecule is O=[N+]([O-])c1c(Cc2c(F)cccc2F)ccc2[nH]c(-c3c(F)cccc3F)nc12. The van der Waals surface area contributed by atoms with Gasteiger partial charge in [0.25, 0.3) is 0 Å². The molecule has 0 amide bonds. The van der Waals surface area contributed by atoms with Gasteiger partial charge < -0.3 is 4.98 Å². The average Bonchev–Trinajstić information content (AvgIpc) is 3.07. The summed E-state index contributed by atoms with van der Waals surface area (Å²) in [6, 6.07) is 9.28. The number of halogens is 4. The minimum atomic E-state index is -0.889. The van der Waals surface area contributed by atoms with Crippen molar-refractivity contribution in [3.63, 3.8) is 0 Å². The Morgan fingerprint density at radius 2 is 1.48 bits per heavy atom. The highest BCUT2D eigenvalue weighted by molar-refractivity contribution is 5.89. The first-order valence-electron chi connectivity index (χ1n) is 8.40. The van der Waals surface area contributed by atoms with Crippen LogP contribution < -0.4 is 0 Å². The number of nitrogens with zero attached hydrogens (tertiary/aromatic N) is 2. The van der Waals surface area contributed by atoms with Crippen molar-refractivity contribution in [1.29, 1.82) is 0 Å². The Morgan fingerprint density at radius 1 is 0.897 bits per heavy atom. The lowest BCUT2D eigenvalue weighted by atomic mass is 10.0. The van der Waals surface area contributed by atoms with Crippen LogP contribution in [0, 0.1) is 33.4 Å². The maximum absolute atomic E-state index is 14.1. The van der Waals surface area contributed by atoms with Gasteiger partial charge in [0.15, 0.2) is 5.52 Å². The van der Waals surface area contributed by atoms with Crippen molar-refractivity contribution in [3.05, 3.63) is 93.0 Å². The summed E-state index contributed by atoms with van der Waals surface area (Å²) in [7, 11) is 0. The van der Waals surface area contributed by atoms with Crippen molar-refractivity contribution < 1.29 is 22.5 Å². The van der Waals surface area contributed by atoms with Crippen molar-refractivity contribution in [2.75, 3.05) is 0 Å². The topological polar surface area (TPSA) is 71.8 Å². The molecule has 1 N–H and O–H groups in total. The quantitative estimate of drug-likeness (QED) is 0.287. The van der Waals surface area contributed by atoms with Gasteiger partial charge in [0.2, 0.25) is 0 Å². The lowest BCUT2D eigenvalue weighted by Crippen LogP contribution is -2.01. The zero-order chi connectivity index (χ0) is 20.7. The lowest BCUT2D eigenvalue weighted by molar-refractivity contribution is -0.383. The molecular weight excluding hydrogens is 390 g/mol. The largest absolute Gasteiger partial charge is 0.338 e. The molecule has 29 heavy (non-hydrogen) atoms. The van der Waals surface area contributed by atoms with Gasteiger partial charge in [0.05, 0.1) is 16.0 Å². The molecule has 0 saturated carbocycles. The first kappa shape index (κ1) is 18.6. The number of aromatic nitrogens is 2. The van der Waals surface area contributed by atoms with Crippen LogP contribution in [0.15, 0.2) is 48.5 Å². The Balaban J connectivity index is 1.90. The van der Waals surface area contributed by atoms with E-state index < -0.39 is 39.4 Å². The zero-order valence-corrected chi connectivity index (χ0v) is 14.5. The molecule has 0 fully saturated rings. The molecule has 0 unspecified atom stereocenters. The lowest BCUT2D eigenvalue weighted by Gasteiger charge is -2.06. The van der Waals surface area contributed by atoms with Crippen LogP contribution in [0.1, 0.15) is 11.1 Å². The van der Waals surface area contributed by atoms with Gasteiger partial charge in [-0.2, -0.15) is 0 Å². The van der Waals surface area contributed by atoms with E-state index in [0.29, 0.717) is 0 Å².